The maximum absolute atomic E-state index is 13.0. The molecule has 2 aliphatic heterocycles. The summed E-state index contributed by atoms with van der Waals surface area (Å²) in [6.45, 7) is 17.8. The Bertz CT molecular complexity index is 2410. The third-order valence-corrected chi connectivity index (χ3v) is 14.4. The molecule has 2 heterocycles. The van der Waals surface area contributed by atoms with E-state index in [0.29, 0.717) is 23.3 Å². The van der Waals surface area contributed by atoms with Gasteiger partial charge in [0.15, 0.2) is 0 Å². The third-order valence-electron chi connectivity index (χ3n) is 11.8. The number of benzene rings is 3. The summed E-state index contributed by atoms with van der Waals surface area (Å²) in [7, 11) is 0. The number of thioether (sulfide) groups is 2. The van der Waals surface area contributed by atoms with Gasteiger partial charge in [-0.1, -0.05) is 134 Å². The first-order valence-electron chi connectivity index (χ1n) is 22.3. The zero-order valence-corrected chi connectivity index (χ0v) is 40.9. The molecule has 0 bridgehead atoms. The smallest absolute Gasteiger partial charge is 0.323 e. The number of anilines is 2. The fraction of sp³-hybridized carbons (Fsp3) is 0.389. The molecule has 2 unspecified atom stereocenters. The van der Waals surface area contributed by atoms with Gasteiger partial charge in [-0.25, -0.2) is 0 Å². The first kappa shape index (κ1) is 52.7. The SMILES string of the molecule is C.C=O.CC.CC(C)(CCC(C)(C)C(=O)O)Sc1ccc(/C=C2\C3=C(C=CCC=C3)c3ccc(N4c5ccc(/C=C6\SC(=S)N(CC(=O)O)C6=O)cc5C5CCCC54)cc32)cc1.CCC. The molecule has 2 fully saturated rings. The first-order chi connectivity index (χ1) is 30.6. The minimum absolute atomic E-state index is 0. The second kappa shape index (κ2) is 23.0. The van der Waals surface area contributed by atoms with Crippen molar-refractivity contribution >= 4 is 99.4 Å². The maximum Gasteiger partial charge on any atom is 0.323 e. The van der Waals surface area contributed by atoms with Gasteiger partial charge < -0.3 is 19.9 Å². The zero-order valence-electron chi connectivity index (χ0n) is 38.4. The Labute approximate surface area is 401 Å². The summed E-state index contributed by atoms with van der Waals surface area (Å²) in [6, 6.07) is 22.4. The van der Waals surface area contributed by atoms with E-state index in [1.54, 1.807) is 25.6 Å². The van der Waals surface area contributed by atoms with Crippen molar-refractivity contribution in [2.75, 3.05) is 11.4 Å². The summed E-state index contributed by atoms with van der Waals surface area (Å²) >= 11 is 8.28. The molecule has 0 aromatic heterocycles. The number of carboxylic acids is 2. The molecule has 1 saturated heterocycles. The number of thiocarbonyl (C=S) groups is 1. The van der Waals surface area contributed by atoms with Crippen molar-refractivity contribution in [3.63, 3.8) is 0 Å². The standard InChI is InChI=1S/C47H46N2O5S3.C3H8.C2H6.CH2O.CH4/c1-46(2,44(53)54)21-22-47(3,4)57-31-17-13-28(14-18-31)23-36-33-10-7-5-6-9-32(33)34-19-16-30(26-37(34)36)49-39-12-8-11-35(39)38-24-29(15-20-40(38)49)25-41-43(52)48(27-42(50)51)45(55)56-41;1-3-2;2*1-2;/h6-7,9-10,13-20,23-26,35,39H,5,8,11-12,21-22,27H2,1-4H3,(H,50,51)(H,53,54);3H2,1-2H3;1-2H3;1H2;1H4/b36-23+,41-25-;;;;. The van der Waals surface area contributed by atoms with E-state index in [9.17, 15) is 24.6 Å². The van der Waals surface area contributed by atoms with E-state index in [-0.39, 0.29) is 22.4 Å². The Balaban J connectivity index is 0.00000110. The van der Waals surface area contributed by atoms with Gasteiger partial charge in [0, 0.05) is 33.0 Å². The molecule has 11 heteroatoms. The molecule has 65 heavy (non-hydrogen) atoms. The van der Waals surface area contributed by atoms with Gasteiger partial charge in [-0.2, -0.15) is 0 Å². The number of amides is 1. The molecule has 2 atom stereocenters. The number of carbonyl (C=O) groups excluding carboxylic acids is 2. The third kappa shape index (κ3) is 11.9. The number of carboxylic acid groups (broad SMARTS) is 2. The lowest BCUT2D eigenvalue weighted by molar-refractivity contribution is -0.147. The Hall–Kier alpha value is -4.97. The average Bonchev–Trinajstić information content (AvgIpc) is 3.95. The number of fused-ring (bicyclic) bond motifs is 5. The molecule has 0 spiro atoms. The number of nitrogens with zero attached hydrogens (tertiary/aromatic N) is 2. The number of carbonyl (C=O) groups is 4. The minimum atomic E-state index is -1.09. The highest BCUT2D eigenvalue weighted by molar-refractivity contribution is 8.26. The van der Waals surface area contributed by atoms with Gasteiger partial charge >= 0.3 is 11.9 Å². The lowest BCUT2D eigenvalue weighted by atomic mass is 9.85. The van der Waals surface area contributed by atoms with Gasteiger partial charge in [0.05, 0.1) is 10.3 Å². The quantitative estimate of drug-likeness (QED) is 0.109. The van der Waals surface area contributed by atoms with Crippen LogP contribution in [0, 0.1) is 5.41 Å². The summed E-state index contributed by atoms with van der Waals surface area (Å²) in [5, 5.41) is 18.9. The molecule has 1 saturated carbocycles. The van der Waals surface area contributed by atoms with Crippen LogP contribution in [0.5, 0.6) is 0 Å². The summed E-state index contributed by atoms with van der Waals surface area (Å²) in [5.74, 6) is -1.83. The first-order valence-corrected chi connectivity index (χ1v) is 24.3. The highest BCUT2D eigenvalue weighted by Gasteiger charge is 2.43. The molecular formula is C54H66N2O6S3. The average molecular weight is 935 g/mol. The van der Waals surface area contributed by atoms with E-state index >= 15 is 0 Å². The van der Waals surface area contributed by atoms with Crippen LogP contribution in [0.4, 0.5) is 11.4 Å². The van der Waals surface area contributed by atoms with E-state index in [1.165, 1.54) is 51.2 Å². The molecule has 3 aliphatic carbocycles. The van der Waals surface area contributed by atoms with Crippen LogP contribution in [0.2, 0.25) is 0 Å². The molecule has 346 valence electrons. The van der Waals surface area contributed by atoms with Gasteiger partial charge in [0.2, 0.25) is 0 Å². The highest BCUT2D eigenvalue weighted by atomic mass is 32.2. The Morgan fingerprint density at radius 3 is 2.17 bits per heavy atom. The minimum Gasteiger partial charge on any atom is -0.481 e. The molecule has 5 aliphatic rings. The summed E-state index contributed by atoms with van der Waals surface area (Å²) in [5.41, 5.74) is 11.1. The van der Waals surface area contributed by atoms with Crippen molar-refractivity contribution in [2.24, 2.45) is 5.41 Å². The number of aliphatic carboxylic acids is 2. The summed E-state index contributed by atoms with van der Waals surface area (Å²) in [4.78, 5) is 49.3. The highest BCUT2D eigenvalue weighted by Crippen LogP contribution is 2.54. The molecule has 1 amide bonds. The molecule has 0 radical (unpaired) electrons. The van der Waals surface area contributed by atoms with Crippen molar-refractivity contribution in [1.82, 2.24) is 4.90 Å². The van der Waals surface area contributed by atoms with Crippen LogP contribution in [0.3, 0.4) is 0 Å². The predicted octanol–water partition coefficient (Wildman–Crippen LogP) is 14.2. The van der Waals surface area contributed by atoms with E-state index < -0.39 is 23.9 Å². The molecule has 2 N–H and O–H groups in total. The van der Waals surface area contributed by atoms with Gasteiger partial charge in [0.25, 0.3) is 5.91 Å². The van der Waals surface area contributed by atoms with Crippen molar-refractivity contribution < 1.29 is 29.4 Å². The van der Waals surface area contributed by atoms with Gasteiger partial charge in [0.1, 0.15) is 17.7 Å². The van der Waals surface area contributed by atoms with E-state index in [4.69, 9.17) is 17.0 Å². The fourth-order valence-corrected chi connectivity index (χ4v) is 11.0. The van der Waals surface area contributed by atoms with Crippen molar-refractivity contribution in [3.8, 4) is 0 Å². The molecule has 3 aromatic carbocycles. The van der Waals surface area contributed by atoms with Crippen molar-refractivity contribution in [2.45, 2.75) is 129 Å². The summed E-state index contributed by atoms with van der Waals surface area (Å²) < 4.78 is 0.161. The number of hydrogen-bond acceptors (Lipinski definition) is 8. The van der Waals surface area contributed by atoms with Crippen LogP contribution < -0.4 is 4.90 Å². The van der Waals surface area contributed by atoms with Crippen LogP contribution in [0.25, 0.3) is 23.3 Å². The number of rotatable bonds is 11. The lowest BCUT2D eigenvalue weighted by Gasteiger charge is -2.28. The molecular weight excluding hydrogens is 869 g/mol. The zero-order chi connectivity index (χ0) is 46.9. The Kier molecular flexibility index (Phi) is 18.6. The second-order valence-electron chi connectivity index (χ2n) is 17.4. The largest absolute Gasteiger partial charge is 0.481 e. The normalized spacial score (nSPS) is 19.2. The van der Waals surface area contributed by atoms with Crippen LogP contribution >= 0.6 is 35.7 Å². The van der Waals surface area contributed by atoms with Crippen LogP contribution in [-0.2, 0) is 19.2 Å². The van der Waals surface area contributed by atoms with Gasteiger partial charge in [-0.3, -0.25) is 19.3 Å². The van der Waals surface area contributed by atoms with Crippen molar-refractivity contribution in [3.05, 3.63) is 123 Å². The van der Waals surface area contributed by atoms with Gasteiger partial charge in [-0.05, 0) is 139 Å². The van der Waals surface area contributed by atoms with Crippen LogP contribution in [0.15, 0.2) is 100 Å². The van der Waals surface area contributed by atoms with E-state index in [1.807, 2.05) is 26.7 Å². The van der Waals surface area contributed by atoms with Crippen LogP contribution in [-0.4, -0.2) is 61.4 Å². The van der Waals surface area contributed by atoms with Crippen molar-refractivity contribution in [1.29, 1.82) is 0 Å². The number of allylic oxidation sites excluding steroid dienone is 7. The maximum atomic E-state index is 13.0. The topological polar surface area (TPSA) is 115 Å². The van der Waals surface area contributed by atoms with E-state index in [0.717, 1.165) is 64.8 Å². The Morgan fingerprint density at radius 1 is 0.877 bits per heavy atom. The van der Waals surface area contributed by atoms with E-state index in [2.05, 4.69) is 124 Å². The predicted molar refractivity (Wildman–Crippen MR) is 279 cm³/mol. The molecule has 3 aromatic rings. The fourth-order valence-electron chi connectivity index (χ4n) is 8.65. The van der Waals surface area contributed by atoms with Crippen LogP contribution in [0.1, 0.15) is 141 Å². The second-order valence-corrected chi connectivity index (χ2v) is 20.9. The molecule has 8 rings (SSSR count). The summed E-state index contributed by atoms with van der Waals surface area (Å²) in [6.07, 6.45) is 20.0. The monoisotopic (exact) mass is 934 g/mol. The molecule has 8 nitrogen and oxygen atoms in total. The number of hydrogen-bond donors (Lipinski definition) is 2. The lowest BCUT2D eigenvalue weighted by Crippen LogP contribution is -2.33. The van der Waals surface area contributed by atoms with Gasteiger partial charge in [-0.15, -0.1) is 11.8 Å². The Morgan fingerprint density at radius 2 is 1.52 bits per heavy atom.